The number of esters is 1. The molecule has 0 aliphatic carbocycles. The Balaban J connectivity index is 2.07. The molecule has 1 aromatic heterocycles. The van der Waals surface area contributed by atoms with Crippen molar-refractivity contribution < 1.29 is 14.3 Å². The Kier molecular flexibility index (Phi) is 7.74. The Morgan fingerprint density at radius 3 is 2.65 bits per heavy atom. The van der Waals surface area contributed by atoms with Crippen LogP contribution in [0.15, 0.2) is 35.7 Å². The van der Waals surface area contributed by atoms with Gasteiger partial charge >= 0.3 is 5.97 Å². The minimum atomic E-state index is -0.229. The molecule has 26 heavy (non-hydrogen) atoms. The molecular weight excluding hydrogens is 350 g/mol. The second-order valence-electron chi connectivity index (χ2n) is 6.16. The van der Waals surface area contributed by atoms with Crippen LogP contribution in [0, 0.1) is 5.92 Å². The van der Waals surface area contributed by atoms with Crippen LogP contribution in [0.2, 0.25) is 0 Å². The molecule has 0 unspecified atom stereocenters. The van der Waals surface area contributed by atoms with E-state index >= 15 is 0 Å². The fourth-order valence-electron chi connectivity index (χ4n) is 2.65. The predicted molar refractivity (Wildman–Crippen MR) is 102 cm³/mol. The zero-order chi connectivity index (χ0) is 18.9. The van der Waals surface area contributed by atoms with Crippen molar-refractivity contribution in [3.05, 3.63) is 52.0 Å². The van der Waals surface area contributed by atoms with E-state index in [4.69, 9.17) is 4.74 Å². The third kappa shape index (κ3) is 6.24. The molecular formula is C19H25N3O3S. The molecule has 0 bridgehead atoms. The number of carbonyl (C=O) groups is 2. The highest BCUT2D eigenvalue weighted by molar-refractivity contribution is 7.09. The Morgan fingerprint density at radius 1 is 1.27 bits per heavy atom. The van der Waals surface area contributed by atoms with E-state index in [1.807, 2.05) is 30.5 Å². The number of carbonyl (C=O) groups excluding carboxylic acids is 2. The molecule has 0 radical (unpaired) electrons. The average molecular weight is 375 g/mol. The maximum atomic E-state index is 11.8. The minimum Gasteiger partial charge on any atom is -0.469 e. The highest BCUT2D eigenvalue weighted by Gasteiger charge is 2.19. The van der Waals surface area contributed by atoms with Gasteiger partial charge in [-0.1, -0.05) is 37.3 Å². The monoisotopic (exact) mass is 375 g/mol. The number of hydrogen-bond donors (Lipinski definition) is 1. The van der Waals surface area contributed by atoms with Crippen LogP contribution in [0.1, 0.15) is 23.2 Å². The summed E-state index contributed by atoms with van der Waals surface area (Å²) in [7, 11) is 3.03. The van der Waals surface area contributed by atoms with E-state index in [0.29, 0.717) is 26.1 Å². The second kappa shape index (κ2) is 10.0. The maximum Gasteiger partial charge on any atom is 0.309 e. The predicted octanol–water partition coefficient (Wildman–Crippen LogP) is 2.24. The third-order valence-electron chi connectivity index (χ3n) is 3.96. The van der Waals surface area contributed by atoms with Crippen molar-refractivity contribution in [2.45, 2.75) is 26.4 Å². The molecule has 1 N–H and O–H groups in total. The fourth-order valence-corrected chi connectivity index (χ4v) is 3.43. The molecule has 7 heteroatoms. The summed E-state index contributed by atoms with van der Waals surface area (Å²) in [6.07, 6.45) is 0.290. The molecule has 0 spiro atoms. The molecule has 140 valence electrons. The Morgan fingerprint density at radius 2 is 2.00 bits per heavy atom. The Hall–Kier alpha value is -2.25. The van der Waals surface area contributed by atoms with Crippen LogP contribution in [0.3, 0.4) is 0 Å². The van der Waals surface area contributed by atoms with Gasteiger partial charge < -0.3 is 10.1 Å². The van der Waals surface area contributed by atoms with Gasteiger partial charge in [-0.25, -0.2) is 4.98 Å². The van der Waals surface area contributed by atoms with Crippen molar-refractivity contribution >= 4 is 23.2 Å². The van der Waals surface area contributed by atoms with Crippen molar-refractivity contribution in [2.24, 2.45) is 5.92 Å². The summed E-state index contributed by atoms with van der Waals surface area (Å²) in [5.74, 6) is -0.499. The average Bonchev–Trinajstić information content (AvgIpc) is 3.08. The topological polar surface area (TPSA) is 71.5 Å². The lowest BCUT2D eigenvalue weighted by atomic mass is 10.1. The first-order valence-corrected chi connectivity index (χ1v) is 9.37. The van der Waals surface area contributed by atoms with Gasteiger partial charge in [0.1, 0.15) is 5.01 Å². The largest absolute Gasteiger partial charge is 0.469 e. The molecule has 1 aromatic carbocycles. The zero-order valence-electron chi connectivity index (χ0n) is 15.4. The minimum absolute atomic E-state index is 0.0497. The van der Waals surface area contributed by atoms with Crippen molar-refractivity contribution in [1.82, 2.24) is 15.2 Å². The first-order chi connectivity index (χ1) is 12.5. The van der Waals surface area contributed by atoms with Gasteiger partial charge in [-0.3, -0.25) is 14.5 Å². The summed E-state index contributed by atoms with van der Waals surface area (Å²) < 4.78 is 4.85. The number of nitrogens with one attached hydrogen (secondary N) is 1. The molecule has 0 saturated carbocycles. The van der Waals surface area contributed by atoms with Crippen molar-refractivity contribution in [3.8, 4) is 0 Å². The number of amides is 1. The number of benzene rings is 1. The van der Waals surface area contributed by atoms with Gasteiger partial charge in [0.05, 0.1) is 25.1 Å². The van der Waals surface area contributed by atoms with E-state index in [2.05, 4.69) is 27.3 Å². The molecule has 2 rings (SSSR count). The van der Waals surface area contributed by atoms with Gasteiger partial charge in [0.2, 0.25) is 5.91 Å². The lowest BCUT2D eigenvalue weighted by Crippen LogP contribution is -2.32. The number of aromatic nitrogens is 1. The van der Waals surface area contributed by atoms with E-state index in [0.717, 1.165) is 10.7 Å². The number of ether oxygens (including phenoxy) is 1. The van der Waals surface area contributed by atoms with Gasteiger partial charge in [-0.15, -0.1) is 11.3 Å². The molecule has 0 saturated heterocycles. The molecule has 0 aliphatic heterocycles. The van der Waals surface area contributed by atoms with Gasteiger partial charge in [-0.05, 0) is 5.56 Å². The van der Waals surface area contributed by atoms with Gasteiger partial charge in [0, 0.05) is 32.1 Å². The number of methoxy groups -OCH3 is 1. The Bertz CT molecular complexity index is 718. The van der Waals surface area contributed by atoms with E-state index in [-0.39, 0.29) is 17.8 Å². The van der Waals surface area contributed by atoms with Crippen LogP contribution >= 0.6 is 11.3 Å². The van der Waals surface area contributed by atoms with Crippen molar-refractivity contribution in [2.75, 3.05) is 20.7 Å². The summed E-state index contributed by atoms with van der Waals surface area (Å²) >= 11 is 1.48. The van der Waals surface area contributed by atoms with E-state index < -0.39 is 0 Å². The number of nitrogens with zero attached hydrogens (tertiary/aromatic N) is 2. The smallest absolute Gasteiger partial charge is 0.309 e. The third-order valence-corrected chi connectivity index (χ3v) is 4.86. The van der Waals surface area contributed by atoms with Crippen molar-refractivity contribution in [1.29, 1.82) is 0 Å². The number of rotatable bonds is 9. The fraction of sp³-hybridized carbons (Fsp3) is 0.421. The normalized spacial score (nSPS) is 12.0. The quantitative estimate of drug-likeness (QED) is 0.681. The maximum absolute atomic E-state index is 11.8. The van der Waals surface area contributed by atoms with Crippen LogP contribution in [0.5, 0.6) is 0 Å². The number of hydrogen-bond acceptors (Lipinski definition) is 6. The number of thiazole rings is 1. The standard InChI is InChI=1S/C19H25N3O3S/c1-14(19(24)25-3)10-22(11-15-7-5-4-6-8-15)12-16-13-26-18(21-16)9-17(23)20-2/h4-8,13-14H,9-12H2,1-3H3,(H,20,23)/t14-/m0/s1. The van der Waals surface area contributed by atoms with Gasteiger partial charge in [0.25, 0.3) is 0 Å². The molecule has 1 heterocycles. The summed E-state index contributed by atoms with van der Waals surface area (Å²) in [5.41, 5.74) is 2.08. The summed E-state index contributed by atoms with van der Waals surface area (Å²) in [5, 5.41) is 5.37. The molecule has 6 nitrogen and oxygen atoms in total. The summed E-state index contributed by atoms with van der Waals surface area (Å²) in [6.45, 7) is 3.76. The first-order valence-electron chi connectivity index (χ1n) is 8.49. The van der Waals surface area contributed by atoms with E-state index in [1.165, 1.54) is 24.0 Å². The van der Waals surface area contributed by atoms with Crippen LogP contribution in [0.25, 0.3) is 0 Å². The lowest BCUT2D eigenvalue weighted by molar-refractivity contribution is -0.145. The van der Waals surface area contributed by atoms with Gasteiger partial charge in [-0.2, -0.15) is 0 Å². The Labute approximate surface area is 158 Å². The molecule has 0 fully saturated rings. The first kappa shape index (κ1) is 20.1. The molecule has 1 amide bonds. The van der Waals surface area contributed by atoms with E-state index in [1.54, 1.807) is 7.05 Å². The SMILES string of the molecule is CNC(=O)Cc1nc(CN(Cc2ccccc2)C[C@H](C)C(=O)OC)cs1. The van der Waals surface area contributed by atoms with E-state index in [9.17, 15) is 9.59 Å². The summed E-state index contributed by atoms with van der Waals surface area (Å²) in [4.78, 5) is 30.0. The van der Waals surface area contributed by atoms with Crippen LogP contribution in [-0.4, -0.2) is 42.5 Å². The highest BCUT2D eigenvalue weighted by atomic mass is 32.1. The molecule has 0 aliphatic rings. The van der Waals surface area contributed by atoms with Gasteiger partial charge in [0.15, 0.2) is 0 Å². The zero-order valence-corrected chi connectivity index (χ0v) is 16.2. The molecule has 1 atom stereocenters. The van der Waals surface area contributed by atoms with Crippen LogP contribution < -0.4 is 5.32 Å². The van der Waals surface area contributed by atoms with Crippen molar-refractivity contribution in [3.63, 3.8) is 0 Å². The lowest BCUT2D eigenvalue weighted by Gasteiger charge is -2.24. The van der Waals surface area contributed by atoms with Crippen LogP contribution in [-0.2, 0) is 33.8 Å². The number of likely N-dealkylation sites (N-methyl/N-ethyl adjacent to an activating group) is 1. The van der Waals surface area contributed by atoms with Crippen LogP contribution in [0.4, 0.5) is 0 Å². The summed E-state index contributed by atoms with van der Waals surface area (Å²) in [6, 6.07) is 10.1. The highest BCUT2D eigenvalue weighted by Crippen LogP contribution is 2.16. The molecule has 2 aromatic rings. The second-order valence-corrected chi connectivity index (χ2v) is 7.10.